The highest BCUT2D eigenvalue weighted by atomic mass is 35.5. The van der Waals surface area contributed by atoms with Gasteiger partial charge in [0.05, 0.1) is 15.6 Å². The van der Waals surface area contributed by atoms with E-state index in [-0.39, 0.29) is 5.41 Å². The van der Waals surface area contributed by atoms with E-state index in [1.54, 1.807) is 6.07 Å². The predicted octanol–water partition coefficient (Wildman–Crippen LogP) is 6.29. The number of rotatable bonds is 2. The van der Waals surface area contributed by atoms with Gasteiger partial charge in [-0.1, -0.05) is 55.3 Å². The average molecular weight is 375 g/mol. The largest absolute Gasteiger partial charge is 0.389 e. The summed E-state index contributed by atoms with van der Waals surface area (Å²) < 4.78 is 0. The van der Waals surface area contributed by atoms with Crippen LogP contribution in [0.3, 0.4) is 0 Å². The van der Waals surface area contributed by atoms with Crippen LogP contribution < -0.4 is 5.73 Å². The van der Waals surface area contributed by atoms with E-state index in [4.69, 9.17) is 28.9 Å². The Hall–Kier alpha value is -1.73. The molecule has 1 aromatic heterocycles. The number of halogens is 2. The van der Waals surface area contributed by atoms with Crippen molar-refractivity contribution in [1.29, 1.82) is 5.26 Å². The summed E-state index contributed by atoms with van der Waals surface area (Å²) in [4.78, 5) is 1.18. The molecule has 1 aliphatic carbocycles. The fraction of sp³-hybridized carbons (Fsp3) is 0.211. The van der Waals surface area contributed by atoms with Crippen LogP contribution in [0.2, 0.25) is 10.0 Å². The molecule has 0 atom stereocenters. The smallest absolute Gasteiger partial charge is 0.105 e. The minimum absolute atomic E-state index is 0.0463. The lowest BCUT2D eigenvalue weighted by Gasteiger charge is -2.29. The maximum atomic E-state index is 9.39. The zero-order valence-electron chi connectivity index (χ0n) is 13.4. The summed E-state index contributed by atoms with van der Waals surface area (Å²) in [7, 11) is 0. The molecule has 0 fully saturated rings. The zero-order valence-corrected chi connectivity index (χ0v) is 15.7. The number of nitrogens with zero attached hydrogens (tertiary/aromatic N) is 1. The number of hydrogen-bond acceptors (Lipinski definition) is 3. The SMILES string of the molecule is CC1(C)CC(/C=C/c2ccc(Cl)c(Cl)c2)=Cc2c1sc(N)c2C#N. The molecule has 0 saturated carbocycles. The van der Waals surface area contributed by atoms with Gasteiger partial charge in [0.25, 0.3) is 0 Å². The van der Waals surface area contributed by atoms with E-state index < -0.39 is 0 Å². The molecule has 2 nitrogen and oxygen atoms in total. The maximum absolute atomic E-state index is 9.39. The lowest BCUT2D eigenvalue weighted by molar-refractivity contribution is 0.531. The Bertz CT molecular complexity index is 914. The molecule has 5 heteroatoms. The summed E-state index contributed by atoms with van der Waals surface area (Å²) in [5, 5.41) is 11.1. The fourth-order valence-electron chi connectivity index (χ4n) is 2.97. The van der Waals surface area contributed by atoms with E-state index in [9.17, 15) is 5.26 Å². The number of fused-ring (bicyclic) bond motifs is 1. The van der Waals surface area contributed by atoms with Crippen molar-refractivity contribution < 1.29 is 0 Å². The zero-order chi connectivity index (χ0) is 17.5. The van der Waals surface area contributed by atoms with Gasteiger partial charge >= 0.3 is 0 Å². The van der Waals surface area contributed by atoms with Crippen molar-refractivity contribution in [2.75, 3.05) is 5.73 Å². The number of hydrogen-bond donors (Lipinski definition) is 1. The summed E-state index contributed by atoms with van der Waals surface area (Å²) in [5.41, 5.74) is 9.66. The van der Waals surface area contributed by atoms with Crippen LogP contribution in [0.5, 0.6) is 0 Å². The van der Waals surface area contributed by atoms with E-state index in [0.717, 1.165) is 23.1 Å². The summed E-state index contributed by atoms with van der Waals surface area (Å²) in [6.07, 6.45) is 7.04. The van der Waals surface area contributed by atoms with Crippen LogP contribution in [-0.2, 0) is 5.41 Å². The van der Waals surface area contributed by atoms with Crippen molar-refractivity contribution in [2.24, 2.45) is 0 Å². The van der Waals surface area contributed by atoms with Crippen LogP contribution in [-0.4, -0.2) is 0 Å². The Kier molecular flexibility index (Phi) is 4.48. The molecular weight excluding hydrogens is 359 g/mol. The molecule has 0 saturated heterocycles. The average Bonchev–Trinajstić information content (AvgIpc) is 2.84. The second-order valence-electron chi connectivity index (χ2n) is 6.48. The van der Waals surface area contributed by atoms with Crippen LogP contribution in [0.4, 0.5) is 5.00 Å². The van der Waals surface area contributed by atoms with Gasteiger partial charge in [-0.3, -0.25) is 0 Å². The number of anilines is 1. The Morgan fingerprint density at radius 2 is 2.00 bits per heavy atom. The molecule has 0 aliphatic heterocycles. The maximum Gasteiger partial charge on any atom is 0.105 e. The van der Waals surface area contributed by atoms with Gasteiger partial charge in [0.15, 0.2) is 0 Å². The number of nitriles is 1. The molecule has 1 heterocycles. The molecule has 0 spiro atoms. The van der Waals surface area contributed by atoms with Gasteiger partial charge in [-0.05, 0) is 35.8 Å². The highest BCUT2D eigenvalue weighted by Gasteiger charge is 2.32. The van der Waals surface area contributed by atoms with Crippen molar-refractivity contribution in [3.8, 4) is 6.07 Å². The van der Waals surface area contributed by atoms with E-state index >= 15 is 0 Å². The third-order valence-electron chi connectivity index (χ3n) is 4.11. The van der Waals surface area contributed by atoms with Crippen LogP contribution in [0.1, 0.15) is 41.8 Å². The monoisotopic (exact) mass is 374 g/mol. The van der Waals surface area contributed by atoms with Crippen LogP contribution in [0, 0.1) is 11.3 Å². The van der Waals surface area contributed by atoms with Crippen molar-refractivity contribution in [3.05, 3.63) is 61.5 Å². The summed E-state index contributed by atoms with van der Waals surface area (Å²) in [5.74, 6) is 0. The van der Waals surface area contributed by atoms with Gasteiger partial charge in [-0.25, -0.2) is 0 Å². The molecule has 24 heavy (non-hydrogen) atoms. The van der Waals surface area contributed by atoms with Gasteiger partial charge in [-0.15, -0.1) is 11.3 Å². The van der Waals surface area contributed by atoms with Gasteiger partial charge in [-0.2, -0.15) is 5.26 Å². The summed E-state index contributed by atoms with van der Waals surface area (Å²) >= 11 is 13.5. The fourth-order valence-corrected chi connectivity index (χ4v) is 4.37. The first-order valence-electron chi connectivity index (χ1n) is 7.48. The number of allylic oxidation sites excluding steroid dienone is 2. The molecule has 2 aromatic rings. The third-order valence-corrected chi connectivity index (χ3v) is 6.25. The highest BCUT2D eigenvalue weighted by Crippen LogP contribution is 2.46. The Labute approximate surface area is 155 Å². The van der Waals surface area contributed by atoms with E-state index in [0.29, 0.717) is 20.6 Å². The van der Waals surface area contributed by atoms with Gasteiger partial charge in [0.2, 0.25) is 0 Å². The van der Waals surface area contributed by atoms with Crippen molar-refractivity contribution >= 4 is 51.7 Å². The van der Waals surface area contributed by atoms with Crippen LogP contribution in [0.15, 0.2) is 29.8 Å². The minimum atomic E-state index is -0.0463. The van der Waals surface area contributed by atoms with Crippen LogP contribution in [0.25, 0.3) is 12.2 Å². The van der Waals surface area contributed by atoms with Crippen molar-refractivity contribution in [2.45, 2.75) is 25.7 Å². The molecule has 1 aliphatic rings. The van der Waals surface area contributed by atoms with E-state index in [1.165, 1.54) is 16.2 Å². The lowest BCUT2D eigenvalue weighted by atomic mass is 9.77. The Morgan fingerprint density at radius 3 is 2.67 bits per heavy atom. The van der Waals surface area contributed by atoms with E-state index in [2.05, 4.69) is 32.1 Å². The molecule has 122 valence electrons. The van der Waals surface area contributed by atoms with E-state index in [1.807, 2.05) is 18.2 Å². The van der Waals surface area contributed by atoms with Gasteiger partial charge < -0.3 is 5.73 Å². The second kappa shape index (κ2) is 6.29. The minimum Gasteiger partial charge on any atom is -0.389 e. The summed E-state index contributed by atoms with van der Waals surface area (Å²) in [6, 6.07) is 7.78. The molecule has 0 bridgehead atoms. The first-order chi connectivity index (χ1) is 11.3. The Balaban J connectivity index is 2.00. The molecule has 1 aromatic carbocycles. The molecule has 0 unspecified atom stereocenters. The first-order valence-corrected chi connectivity index (χ1v) is 9.05. The summed E-state index contributed by atoms with van der Waals surface area (Å²) in [6.45, 7) is 4.37. The molecule has 0 amide bonds. The number of benzene rings is 1. The highest BCUT2D eigenvalue weighted by molar-refractivity contribution is 7.16. The molecular formula is C19H16Cl2N2S. The number of nitrogen functional groups attached to an aromatic ring is 1. The molecule has 3 rings (SSSR count). The molecule has 2 N–H and O–H groups in total. The van der Waals surface area contributed by atoms with Crippen molar-refractivity contribution in [3.63, 3.8) is 0 Å². The third kappa shape index (κ3) is 3.10. The van der Waals surface area contributed by atoms with Gasteiger partial charge in [0, 0.05) is 15.9 Å². The van der Waals surface area contributed by atoms with Crippen LogP contribution >= 0.6 is 34.5 Å². The quantitative estimate of drug-likeness (QED) is 0.671. The topological polar surface area (TPSA) is 49.8 Å². The number of nitrogens with two attached hydrogens (primary N) is 1. The first kappa shape index (κ1) is 17.1. The Morgan fingerprint density at radius 1 is 1.25 bits per heavy atom. The standard InChI is InChI=1S/C19H16Cl2N2S/c1-19(2)9-12(4-3-11-5-6-15(20)16(21)8-11)7-13-14(10-22)18(23)24-17(13)19/h3-8H,9,23H2,1-2H3/b4-3+. The second-order valence-corrected chi connectivity index (χ2v) is 8.35. The normalized spacial score (nSPS) is 15.9. The lowest BCUT2D eigenvalue weighted by Crippen LogP contribution is -2.20. The molecule has 0 radical (unpaired) electrons. The predicted molar refractivity (Wildman–Crippen MR) is 105 cm³/mol. The van der Waals surface area contributed by atoms with Gasteiger partial charge in [0.1, 0.15) is 11.1 Å². The van der Waals surface area contributed by atoms with Crippen molar-refractivity contribution in [1.82, 2.24) is 0 Å². The number of thiophene rings is 1.